The third-order valence-electron chi connectivity index (χ3n) is 4.90. The third-order valence-corrected chi connectivity index (χ3v) is 8.54. The number of halogens is 1. The fraction of sp³-hybridized carbons (Fsp3) is 0.381. The van der Waals surface area contributed by atoms with Crippen molar-refractivity contribution in [1.82, 2.24) is 0 Å². The van der Waals surface area contributed by atoms with E-state index in [9.17, 15) is 33.4 Å². The lowest BCUT2D eigenvalue weighted by atomic mass is 9.87. The van der Waals surface area contributed by atoms with E-state index in [2.05, 4.69) is 15.9 Å². The van der Waals surface area contributed by atoms with Crippen molar-refractivity contribution < 1.29 is 32.5 Å². The average Bonchev–Trinajstić information content (AvgIpc) is 2.77. The summed E-state index contributed by atoms with van der Waals surface area (Å²) in [6, 6.07) is 8.26. The number of sulfone groups is 1. The Morgan fingerprint density at radius 1 is 1.03 bits per heavy atom. The van der Waals surface area contributed by atoms with Gasteiger partial charge in [-0.05, 0) is 29.7 Å². The van der Waals surface area contributed by atoms with E-state index in [-0.39, 0.29) is 16.9 Å². The molecule has 0 bridgehead atoms. The van der Waals surface area contributed by atoms with Crippen LogP contribution in [-0.4, -0.2) is 41.6 Å². The first-order valence-corrected chi connectivity index (χ1v) is 12.3. The van der Waals surface area contributed by atoms with Crippen LogP contribution in [0.3, 0.4) is 0 Å². The molecule has 184 valence electrons. The quantitative estimate of drug-likeness (QED) is 0.184. The van der Waals surface area contributed by atoms with Crippen molar-refractivity contribution in [3.63, 3.8) is 0 Å². The predicted octanol–water partition coefficient (Wildman–Crippen LogP) is 4.67. The Kier molecular flexibility index (Phi) is 8.37. The number of hydrogen-bond acceptors (Lipinski definition) is 9. The van der Waals surface area contributed by atoms with Crippen LogP contribution in [0.15, 0.2) is 47.4 Å². The average molecular weight is 559 g/mol. The number of ether oxygens (including phenoxy) is 2. The summed E-state index contributed by atoms with van der Waals surface area (Å²) in [6.45, 7) is 5.17. The topological polar surface area (TPSA) is 156 Å². The minimum absolute atomic E-state index is 0.0310. The zero-order valence-corrected chi connectivity index (χ0v) is 21.2. The Bertz CT molecular complexity index is 1160. The number of esters is 1. The Labute approximate surface area is 204 Å². The first-order valence-electron chi connectivity index (χ1n) is 9.83. The van der Waals surface area contributed by atoms with Gasteiger partial charge < -0.3 is 9.47 Å². The van der Waals surface area contributed by atoms with Gasteiger partial charge in [-0.25, -0.2) is 13.2 Å². The number of alkyl halides is 1. The van der Waals surface area contributed by atoms with E-state index in [1.54, 1.807) is 20.8 Å². The monoisotopic (exact) mass is 558 g/mol. The number of methoxy groups -OCH3 is 1. The van der Waals surface area contributed by atoms with Gasteiger partial charge in [0.15, 0.2) is 9.84 Å². The number of nitrogens with zero attached hydrogens (tertiary/aromatic N) is 2. The summed E-state index contributed by atoms with van der Waals surface area (Å²) in [4.78, 5) is 33.3. The van der Waals surface area contributed by atoms with Crippen LogP contribution in [0, 0.1) is 25.6 Å². The zero-order chi connectivity index (χ0) is 25.8. The SMILES string of the molecule is COc1ccc(S(=O)(=O)[C@H](Br)C[C@@H](OC(=O)c2cc([N+](=O)[O-])cc([N+](=O)[O-])c2)C(C)(C)C)cc1. The van der Waals surface area contributed by atoms with Crippen LogP contribution in [0.25, 0.3) is 0 Å². The summed E-state index contributed by atoms with van der Waals surface area (Å²) in [5.41, 5.74) is -2.41. The van der Waals surface area contributed by atoms with E-state index in [1.165, 1.54) is 31.4 Å². The first-order chi connectivity index (χ1) is 15.7. The van der Waals surface area contributed by atoms with Crippen molar-refractivity contribution in [3.05, 3.63) is 68.3 Å². The van der Waals surface area contributed by atoms with Gasteiger partial charge >= 0.3 is 5.97 Å². The van der Waals surface area contributed by atoms with Crippen LogP contribution < -0.4 is 4.74 Å². The van der Waals surface area contributed by atoms with Crippen LogP contribution >= 0.6 is 15.9 Å². The molecule has 11 nitrogen and oxygen atoms in total. The molecule has 0 saturated carbocycles. The number of nitro benzene ring substituents is 2. The standard InChI is InChI=1S/C21H23BrN2O9S/c1-21(2,3)18(12-19(22)34(30,31)17-7-5-16(32-4)6-8-17)33-20(25)13-9-14(23(26)27)11-15(10-13)24(28)29/h5-11,18-19H,12H2,1-4H3/t18-,19+/m1/s1. The molecule has 0 heterocycles. The summed E-state index contributed by atoms with van der Waals surface area (Å²) in [5.74, 6) is -0.564. The molecule has 0 aliphatic rings. The second-order valence-electron chi connectivity index (χ2n) is 8.38. The molecule has 34 heavy (non-hydrogen) atoms. The highest BCUT2D eigenvalue weighted by Gasteiger charge is 2.36. The minimum Gasteiger partial charge on any atom is -0.497 e. The number of benzene rings is 2. The van der Waals surface area contributed by atoms with E-state index >= 15 is 0 Å². The van der Waals surface area contributed by atoms with Gasteiger partial charge in [0.2, 0.25) is 0 Å². The number of hydrogen-bond donors (Lipinski definition) is 0. The van der Waals surface area contributed by atoms with E-state index in [1.807, 2.05) is 0 Å². The molecule has 0 fully saturated rings. The summed E-state index contributed by atoms with van der Waals surface area (Å²) >= 11 is 3.18. The second-order valence-corrected chi connectivity index (χ2v) is 12.2. The molecule has 0 aromatic heterocycles. The number of non-ortho nitro benzene ring substituents is 2. The summed E-state index contributed by atoms with van der Waals surface area (Å²) in [7, 11) is -2.41. The molecule has 2 rings (SSSR count). The van der Waals surface area contributed by atoms with Gasteiger partial charge in [0.25, 0.3) is 11.4 Å². The van der Waals surface area contributed by atoms with Crippen LogP contribution in [0.1, 0.15) is 37.6 Å². The third kappa shape index (κ3) is 6.50. The smallest absolute Gasteiger partial charge is 0.338 e. The minimum atomic E-state index is -3.86. The molecular weight excluding hydrogens is 536 g/mol. The molecule has 2 aromatic rings. The number of rotatable bonds is 9. The van der Waals surface area contributed by atoms with Gasteiger partial charge in [-0.15, -0.1) is 0 Å². The van der Waals surface area contributed by atoms with Gasteiger partial charge in [-0.2, -0.15) is 0 Å². The van der Waals surface area contributed by atoms with Crippen LogP contribution in [-0.2, 0) is 14.6 Å². The largest absolute Gasteiger partial charge is 0.497 e. The molecule has 13 heteroatoms. The summed E-state index contributed by atoms with van der Waals surface area (Å²) in [6.07, 6.45) is -1.11. The maximum atomic E-state index is 13.0. The molecule has 2 atom stereocenters. The molecular formula is C21H23BrN2O9S. The van der Waals surface area contributed by atoms with E-state index in [4.69, 9.17) is 9.47 Å². The highest BCUT2D eigenvalue weighted by atomic mass is 79.9. The molecule has 0 unspecified atom stereocenters. The molecule has 0 N–H and O–H groups in total. The molecule has 0 amide bonds. The number of carbonyl (C=O) groups is 1. The van der Waals surface area contributed by atoms with E-state index < -0.39 is 52.7 Å². The lowest BCUT2D eigenvalue weighted by Gasteiger charge is -2.31. The van der Waals surface area contributed by atoms with Gasteiger partial charge in [0.1, 0.15) is 16.0 Å². The molecule has 2 aromatic carbocycles. The molecule has 0 spiro atoms. The highest BCUT2D eigenvalue weighted by Crippen LogP contribution is 2.33. The molecule has 0 aliphatic carbocycles. The van der Waals surface area contributed by atoms with Crippen LogP contribution in [0.5, 0.6) is 5.75 Å². The van der Waals surface area contributed by atoms with Crippen molar-refractivity contribution in [2.24, 2.45) is 5.41 Å². The fourth-order valence-electron chi connectivity index (χ4n) is 2.91. The second kappa shape index (κ2) is 10.5. The van der Waals surface area contributed by atoms with Crippen LogP contribution in [0.4, 0.5) is 11.4 Å². The lowest BCUT2D eigenvalue weighted by molar-refractivity contribution is -0.394. The zero-order valence-electron chi connectivity index (χ0n) is 18.8. The van der Waals surface area contributed by atoms with Crippen molar-refractivity contribution >= 4 is 43.1 Å². The van der Waals surface area contributed by atoms with Crippen LogP contribution in [0.2, 0.25) is 0 Å². The normalized spacial score (nSPS) is 13.6. The Balaban J connectivity index is 2.32. The number of carbonyl (C=O) groups excluding carboxylic acids is 1. The van der Waals surface area contributed by atoms with Crippen molar-refractivity contribution in [3.8, 4) is 5.75 Å². The summed E-state index contributed by atoms with van der Waals surface area (Å²) in [5, 5.41) is 22.2. The van der Waals surface area contributed by atoms with Crippen molar-refractivity contribution in [2.75, 3.05) is 7.11 Å². The van der Waals surface area contributed by atoms with E-state index in [0.717, 1.165) is 18.2 Å². The van der Waals surface area contributed by atoms with E-state index in [0.29, 0.717) is 5.75 Å². The molecule has 0 radical (unpaired) electrons. The highest BCUT2D eigenvalue weighted by molar-refractivity contribution is 9.11. The Morgan fingerprint density at radius 2 is 1.53 bits per heavy atom. The van der Waals surface area contributed by atoms with Gasteiger partial charge in [-0.1, -0.05) is 36.7 Å². The van der Waals surface area contributed by atoms with Gasteiger partial charge in [-0.3, -0.25) is 20.2 Å². The maximum absolute atomic E-state index is 13.0. The van der Waals surface area contributed by atoms with Crippen molar-refractivity contribution in [2.45, 2.75) is 42.4 Å². The Hall–Kier alpha value is -3.06. The molecule has 0 saturated heterocycles. The predicted molar refractivity (Wildman–Crippen MR) is 126 cm³/mol. The van der Waals surface area contributed by atoms with Crippen molar-refractivity contribution in [1.29, 1.82) is 0 Å². The molecule has 0 aliphatic heterocycles. The number of nitro groups is 2. The Morgan fingerprint density at radius 3 is 1.94 bits per heavy atom. The maximum Gasteiger partial charge on any atom is 0.338 e. The fourth-order valence-corrected chi connectivity index (χ4v) is 5.13. The summed E-state index contributed by atoms with van der Waals surface area (Å²) < 4.78 is 35.4. The first kappa shape index (κ1) is 27.2. The lowest BCUT2D eigenvalue weighted by Crippen LogP contribution is -2.35. The van der Waals surface area contributed by atoms with Gasteiger partial charge in [0.05, 0.1) is 33.5 Å². The van der Waals surface area contributed by atoms with Gasteiger partial charge in [0, 0.05) is 18.6 Å².